The summed E-state index contributed by atoms with van der Waals surface area (Å²) in [5.74, 6) is 0. The third-order valence-corrected chi connectivity index (χ3v) is 3.29. The molecule has 94 valence electrons. The maximum absolute atomic E-state index is 5.85. The summed E-state index contributed by atoms with van der Waals surface area (Å²) in [6.45, 7) is 2.65. The average molecular weight is 306 g/mol. The summed E-state index contributed by atoms with van der Waals surface area (Å²) in [7, 11) is 0. The second kappa shape index (κ2) is 6.03. The maximum atomic E-state index is 5.85. The van der Waals surface area contributed by atoms with E-state index in [1.165, 1.54) is 0 Å². The molecule has 2 N–H and O–H groups in total. The van der Waals surface area contributed by atoms with Crippen molar-refractivity contribution in [2.75, 3.05) is 5.73 Å². The van der Waals surface area contributed by atoms with E-state index in [1.807, 2.05) is 43.3 Å². The van der Waals surface area contributed by atoms with Gasteiger partial charge in [-0.2, -0.15) is 0 Å². The predicted molar refractivity (Wildman–Crippen MR) is 78.2 cm³/mol. The van der Waals surface area contributed by atoms with Gasteiger partial charge in [0.1, 0.15) is 0 Å². The van der Waals surface area contributed by atoms with Gasteiger partial charge in [0.05, 0.1) is 12.7 Å². The van der Waals surface area contributed by atoms with E-state index in [9.17, 15) is 0 Å². The number of benzene rings is 2. The number of hydrogen-bond donors (Lipinski definition) is 1. The van der Waals surface area contributed by atoms with Crippen LogP contribution in [0.5, 0.6) is 0 Å². The Hall–Kier alpha value is -1.32. The van der Waals surface area contributed by atoms with Gasteiger partial charge < -0.3 is 10.5 Å². The van der Waals surface area contributed by atoms with Crippen LogP contribution in [-0.4, -0.2) is 0 Å². The molecule has 0 aliphatic carbocycles. The standard InChI is InChI=1S/C15H16BrNO/c1-11(13-5-7-15(17)8-6-13)18-10-12-3-2-4-14(16)9-12/h2-9,11H,10,17H2,1H3. The Bertz CT molecular complexity index is 510. The van der Waals surface area contributed by atoms with E-state index >= 15 is 0 Å². The van der Waals surface area contributed by atoms with Gasteiger partial charge in [-0.25, -0.2) is 0 Å². The van der Waals surface area contributed by atoms with E-state index < -0.39 is 0 Å². The van der Waals surface area contributed by atoms with Crippen LogP contribution in [0, 0.1) is 0 Å². The largest absolute Gasteiger partial charge is 0.399 e. The minimum Gasteiger partial charge on any atom is -0.399 e. The van der Waals surface area contributed by atoms with E-state index in [4.69, 9.17) is 10.5 Å². The van der Waals surface area contributed by atoms with Crippen molar-refractivity contribution >= 4 is 21.6 Å². The quantitative estimate of drug-likeness (QED) is 0.854. The number of anilines is 1. The van der Waals surface area contributed by atoms with Gasteiger partial charge in [0.25, 0.3) is 0 Å². The van der Waals surface area contributed by atoms with Crippen LogP contribution in [0.15, 0.2) is 53.0 Å². The normalized spacial score (nSPS) is 12.3. The molecule has 0 radical (unpaired) electrons. The Morgan fingerprint density at radius 3 is 2.56 bits per heavy atom. The number of ether oxygens (including phenoxy) is 1. The molecular weight excluding hydrogens is 290 g/mol. The number of nitrogen functional groups attached to an aromatic ring is 1. The summed E-state index contributed by atoms with van der Waals surface area (Å²) in [5.41, 5.74) is 8.74. The van der Waals surface area contributed by atoms with Gasteiger partial charge >= 0.3 is 0 Å². The molecule has 18 heavy (non-hydrogen) atoms. The van der Waals surface area contributed by atoms with Crippen molar-refractivity contribution in [3.63, 3.8) is 0 Å². The van der Waals surface area contributed by atoms with E-state index in [0.29, 0.717) is 6.61 Å². The zero-order valence-electron chi connectivity index (χ0n) is 10.3. The smallest absolute Gasteiger partial charge is 0.0801 e. The Morgan fingerprint density at radius 1 is 1.17 bits per heavy atom. The number of rotatable bonds is 4. The average Bonchev–Trinajstić information content (AvgIpc) is 2.37. The first-order valence-corrected chi connectivity index (χ1v) is 6.66. The van der Waals surface area contributed by atoms with Gasteiger partial charge in [-0.05, 0) is 42.3 Å². The Balaban J connectivity index is 1.96. The van der Waals surface area contributed by atoms with Gasteiger partial charge in [-0.3, -0.25) is 0 Å². The van der Waals surface area contributed by atoms with Crippen molar-refractivity contribution in [2.45, 2.75) is 19.6 Å². The first-order valence-electron chi connectivity index (χ1n) is 5.86. The number of hydrogen-bond acceptors (Lipinski definition) is 2. The molecule has 2 aromatic carbocycles. The molecule has 0 heterocycles. The van der Waals surface area contributed by atoms with Crippen LogP contribution in [0.3, 0.4) is 0 Å². The molecule has 0 spiro atoms. The minimum atomic E-state index is 0.0598. The first kappa shape index (κ1) is 13.1. The molecule has 0 saturated carbocycles. The SMILES string of the molecule is CC(OCc1cccc(Br)c1)c1ccc(N)cc1. The van der Waals surface area contributed by atoms with Crippen LogP contribution in [0.2, 0.25) is 0 Å². The fraction of sp³-hybridized carbons (Fsp3) is 0.200. The Kier molecular flexibility index (Phi) is 4.39. The topological polar surface area (TPSA) is 35.2 Å². The lowest BCUT2D eigenvalue weighted by molar-refractivity contribution is 0.0525. The summed E-state index contributed by atoms with van der Waals surface area (Å²) >= 11 is 3.45. The van der Waals surface area contributed by atoms with Crippen LogP contribution < -0.4 is 5.73 Å². The van der Waals surface area contributed by atoms with E-state index in [1.54, 1.807) is 0 Å². The van der Waals surface area contributed by atoms with Crippen molar-refractivity contribution in [1.82, 2.24) is 0 Å². The predicted octanol–water partition coefficient (Wildman–Crippen LogP) is 4.31. The highest BCUT2D eigenvalue weighted by atomic mass is 79.9. The zero-order valence-corrected chi connectivity index (χ0v) is 11.9. The summed E-state index contributed by atoms with van der Waals surface area (Å²) in [5, 5.41) is 0. The lowest BCUT2D eigenvalue weighted by Gasteiger charge is -2.14. The van der Waals surface area contributed by atoms with Crippen molar-refractivity contribution < 1.29 is 4.74 Å². The minimum absolute atomic E-state index is 0.0598. The van der Waals surface area contributed by atoms with Crippen LogP contribution >= 0.6 is 15.9 Å². The second-order valence-corrected chi connectivity index (χ2v) is 5.17. The Labute approximate surface area is 116 Å². The molecular formula is C15H16BrNO. The Morgan fingerprint density at radius 2 is 1.89 bits per heavy atom. The molecule has 2 aromatic rings. The molecule has 0 aromatic heterocycles. The van der Waals surface area contributed by atoms with Gasteiger partial charge in [-0.15, -0.1) is 0 Å². The maximum Gasteiger partial charge on any atom is 0.0801 e. The number of nitrogens with two attached hydrogens (primary N) is 1. The van der Waals surface area contributed by atoms with E-state index in [2.05, 4.69) is 28.1 Å². The van der Waals surface area contributed by atoms with Crippen molar-refractivity contribution in [3.8, 4) is 0 Å². The molecule has 0 aliphatic heterocycles. The molecule has 3 heteroatoms. The summed E-state index contributed by atoms with van der Waals surface area (Å²) in [6, 6.07) is 15.9. The molecule has 0 bridgehead atoms. The van der Waals surface area contributed by atoms with Crippen molar-refractivity contribution in [1.29, 1.82) is 0 Å². The van der Waals surface area contributed by atoms with Crippen LogP contribution in [0.4, 0.5) is 5.69 Å². The first-order chi connectivity index (χ1) is 8.65. The third kappa shape index (κ3) is 3.59. The lowest BCUT2D eigenvalue weighted by atomic mass is 10.1. The summed E-state index contributed by atoms with van der Waals surface area (Å²) in [6.07, 6.45) is 0.0598. The second-order valence-electron chi connectivity index (χ2n) is 4.25. The van der Waals surface area contributed by atoms with Gasteiger partial charge in [0, 0.05) is 10.2 Å². The molecule has 2 nitrogen and oxygen atoms in total. The molecule has 0 amide bonds. The molecule has 0 fully saturated rings. The fourth-order valence-electron chi connectivity index (χ4n) is 1.71. The molecule has 0 saturated heterocycles. The molecule has 0 aliphatic rings. The van der Waals surface area contributed by atoms with Crippen molar-refractivity contribution in [3.05, 3.63) is 64.1 Å². The highest BCUT2D eigenvalue weighted by Gasteiger charge is 2.05. The number of halogens is 1. The fourth-order valence-corrected chi connectivity index (χ4v) is 2.16. The van der Waals surface area contributed by atoms with Gasteiger partial charge in [-0.1, -0.05) is 40.2 Å². The van der Waals surface area contributed by atoms with Crippen LogP contribution in [0.1, 0.15) is 24.2 Å². The molecule has 1 atom stereocenters. The van der Waals surface area contributed by atoms with Crippen LogP contribution in [-0.2, 0) is 11.3 Å². The third-order valence-electron chi connectivity index (χ3n) is 2.79. The van der Waals surface area contributed by atoms with Crippen molar-refractivity contribution in [2.24, 2.45) is 0 Å². The van der Waals surface area contributed by atoms with Gasteiger partial charge in [0.2, 0.25) is 0 Å². The van der Waals surface area contributed by atoms with E-state index in [0.717, 1.165) is 21.3 Å². The highest BCUT2D eigenvalue weighted by molar-refractivity contribution is 9.10. The van der Waals surface area contributed by atoms with Crippen LogP contribution in [0.25, 0.3) is 0 Å². The lowest BCUT2D eigenvalue weighted by Crippen LogP contribution is -2.00. The van der Waals surface area contributed by atoms with Gasteiger partial charge in [0.15, 0.2) is 0 Å². The summed E-state index contributed by atoms with van der Waals surface area (Å²) < 4.78 is 6.92. The summed E-state index contributed by atoms with van der Waals surface area (Å²) in [4.78, 5) is 0. The molecule has 2 rings (SSSR count). The monoisotopic (exact) mass is 305 g/mol. The highest BCUT2D eigenvalue weighted by Crippen LogP contribution is 2.20. The molecule has 1 unspecified atom stereocenters. The zero-order chi connectivity index (χ0) is 13.0. The van der Waals surface area contributed by atoms with E-state index in [-0.39, 0.29) is 6.10 Å².